The second-order valence-corrected chi connectivity index (χ2v) is 9.46. The number of carbonyl (C=O) groups excluding carboxylic acids is 1. The molecule has 5 aromatic rings. The van der Waals surface area contributed by atoms with Gasteiger partial charge in [0, 0.05) is 12.1 Å². The van der Waals surface area contributed by atoms with Gasteiger partial charge in [0.25, 0.3) is 5.91 Å². The maximum atomic E-state index is 15.0. The topological polar surface area (TPSA) is 127 Å². The van der Waals surface area contributed by atoms with E-state index in [9.17, 15) is 13.6 Å². The van der Waals surface area contributed by atoms with Gasteiger partial charge in [-0.1, -0.05) is 12.1 Å². The molecule has 1 fully saturated rings. The number of nitrogens with two attached hydrogens (primary N) is 1. The number of benzene rings is 2. The molecule has 0 bridgehead atoms. The Morgan fingerprint density at radius 2 is 1.90 bits per heavy atom. The lowest BCUT2D eigenvalue weighted by molar-refractivity contribution is 0.0906. The highest BCUT2D eigenvalue weighted by Crippen LogP contribution is 2.37. The Labute approximate surface area is 220 Å². The zero-order valence-corrected chi connectivity index (χ0v) is 20.5. The number of hydrogen-bond acceptors (Lipinski definition) is 6. The molecular formula is C27H23F3N8O. The quantitative estimate of drug-likeness (QED) is 0.312. The SMILES string of the molecule is N[C@@H]1[C@@H](NC(=O)c2cc(F)ccc2F)CCC[C@H]1n1c(-c2ccccc2F)nc2cnc(-c3ncn[nH]3)cc21. The monoisotopic (exact) mass is 532 g/mol. The van der Waals surface area contributed by atoms with Crippen LogP contribution in [0.25, 0.3) is 33.9 Å². The Morgan fingerprint density at radius 1 is 1.05 bits per heavy atom. The minimum Gasteiger partial charge on any atom is -0.348 e. The molecule has 0 aliphatic heterocycles. The molecular weight excluding hydrogens is 509 g/mol. The highest BCUT2D eigenvalue weighted by molar-refractivity contribution is 5.94. The molecule has 0 radical (unpaired) electrons. The van der Waals surface area contributed by atoms with Gasteiger partial charge in [-0.2, -0.15) is 5.10 Å². The minimum absolute atomic E-state index is 0.287. The third-order valence-electron chi connectivity index (χ3n) is 7.09. The van der Waals surface area contributed by atoms with Crippen LogP contribution in [0.3, 0.4) is 0 Å². The number of rotatable bonds is 5. The van der Waals surface area contributed by atoms with Crippen molar-refractivity contribution < 1.29 is 18.0 Å². The van der Waals surface area contributed by atoms with E-state index in [4.69, 9.17) is 10.7 Å². The molecule has 39 heavy (non-hydrogen) atoms. The molecule has 0 saturated heterocycles. The van der Waals surface area contributed by atoms with Crippen LogP contribution in [0.5, 0.6) is 0 Å². The summed E-state index contributed by atoms with van der Waals surface area (Å²) < 4.78 is 44.8. The number of halogens is 3. The standard InChI is InChI=1S/C27H23F3N8O/c28-14-8-9-18(30)16(10-14)27(39)36-19-6-3-7-22(24(19)31)38-23-11-20(25-33-13-34-37-25)32-12-21(23)35-26(38)15-4-1-2-5-17(15)29/h1-2,4-5,8-13,19,22,24H,3,6-7,31H2,(H,36,39)(H,33,34,37)/t19-,22+,24+/m0/s1. The second-order valence-electron chi connectivity index (χ2n) is 9.46. The summed E-state index contributed by atoms with van der Waals surface area (Å²) in [7, 11) is 0. The van der Waals surface area contributed by atoms with E-state index in [2.05, 4.69) is 25.5 Å². The fourth-order valence-corrected chi connectivity index (χ4v) is 5.21. The number of pyridine rings is 1. The van der Waals surface area contributed by atoms with Crippen molar-refractivity contribution in [2.75, 3.05) is 0 Å². The molecule has 9 nitrogen and oxygen atoms in total. The highest BCUT2D eigenvalue weighted by atomic mass is 19.1. The van der Waals surface area contributed by atoms with Crippen molar-refractivity contribution in [2.45, 2.75) is 37.4 Å². The molecule has 0 spiro atoms. The Bertz CT molecular complexity index is 1670. The molecule has 12 heteroatoms. The Kier molecular flexibility index (Phi) is 6.31. The fraction of sp³-hybridized carbons (Fsp3) is 0.222. The fourth-order valence-electron chi connectivity index (χ4n) is 5.21. The average molecular weight is 533 g/mol. The number of imidazole rings is 1. The van der Waals surface area contributed by atoms with Crippen LogP contribution in [0.2, 0.25) is 0 Å². The molecule has 1 saturated carbocycles. The van der Waals surface area contributed by atoms with Gasteiger partial charge >= 0.3 is 0 Å². The molecule has 3 heterocycles. The molecule has 3 atom stereocenters. The van der Waals surface area contributed by atoms with Crippen LogP contribution in [-0.4, -0.2) is 47.7 Å². The Balaban J connectivity index is 1.42. The van der Waals surface area contributed by atoms with Crippen molar-refractivity contribution in [3.8, 4) is 22.9 Å². The van der Waals surface area contributed by atoms with Gasteiger partial charge in [0.1, 0.15) is 40.8 Å². The van der Waals surface area contributed by atoms with Gasteiger partial charge in [0.15, 0.2) is 5.82 Å². The Hall–Kier alpha value is -4.58. The van der Waals surface area contributed by atoms with E-state index in [1.165, 1.54) is 12.4 Å². The van der Waals surface area contributed by atoms with Crippen LogP contribution in [0, 0.1) is 17.5 Å². The average Bonchev–Trinajstić information content (AvgIpc) is 3.60. The van der Waals surface area contributed by atoms with E-state index in [1.807, 2.05) is 4.57 Å². The molecule has 1 aliphatic carbocycles. The number of nitrogens with zero attached hydrogens (tertiary/aromatic N) is 5. The second kappa shape index (κ2) is 9.95. The molecule has 0 unspecified atom stereocenters. The van der Waals surface area contributed by atoms with Crippen molar-refractivity contribution in [3.05, 3.63) is 84.1 Å². The van der Waals surface area contributed by atoms with Crippen LogP contribution in [0.4, 0.5) is 13.2 Å². The Morgan fingerprint density at radius 3 is 2.69 bits per heavy atom. The summed E-state index contributed by atoms with van der Waals surface area (Å²) in [5.41, 5.74) is 8.33. The van der Waals surface area contributed by atoms with Crippen LogP contribution in [0.15, 0.2) is 61.1 Å². The van der Waals surface area contributed by atoms with E-state index >= 15 is 4.39 Å². The van der Waals surface area contributed by atoms with E-state index < -0.39 is 47.0 Å². The van der Waals surface area contributed by atoms with E-state index in [0.29, 0.717) is 47.6 Å². The lowest BCUT2D eigenvalue weighted by atomic mass is 9.85. The number of nitrogens with one attached hydrogen (secondary N) is 2. The number of fused-ring (bicyclic) bond motifs is 1. The number of aromatic nitrogens is 6. The van der Waals surface area contributed by atoms with Gasteiger partial charge in [-0.15, -0.1) is 0 Å². The predicted molar refractivity (Wildman–Crippen MR) is 137 cm³/mol. The summed E-state index contributed by atoms with van der Waals surface area (Å²) in [5.74, 6) is -1.94. The summed E-state index contributed by atoms with van der Waals surface area (Å²) in [5, 5.41) is 9.45. The van der Waals surface area contributed by atoms with Gasteiger partial charge in [-0.3, -0.25) is 14.9 Å². The van der Waals surface area contributed by atoms with Gasteiger partial charge in [0.05, 0.1) is 28.9 Å². The first-order valence-electron chi connectivity index (χ1n) is 12.4. The molecule has 198 valence electrons. The molecule has 3 aromatic heterocycles. The summed E-state index contributed by atoms with van der Waals surface area (Å²) in [6, 6.07) is 9.19. The normalized spacial score (nSPS) is 19.3. The number of hydrogen-bond donors (Lipinski definition) is 3. The third kappa shape index (κ3) is 4.52. The van der Waals surface area contributed by atoms with E-state index in [1.54, 1.807) is 30.5 Å². The van der Waals surface area contributed by atoms with E-state index in [0.717, 1.165) is 18.2 Å². The van der Waals surface area contributed by atoms with Gasteiger partial charge in [0.2, 0.25) is 0 Å². The summed E-state index contributed by atoms with van der Waals surface area (Å²) in [6.07, 6.45) is 4.77. The predicted octanol–water partition coefficient (Wildman–Crippen LogP) is 4.15. The summed E-state index contributed by atoms with van der Waals surface area (Å²) in [6.45, 7) is 0. The van der Waals surface area contributed by atoms with Crippen LogP contribution in [0.1, 0.15) is 35.7 Å². The largest absolute Gasteiger partial charge is 0.348 e. The lowest BCUT2D eigenvalue weighted by Crippen LogP contribution is -2.54. The zero-order valence-electron chi connectivity index (χ0n) is 20.5. The van der Waals surface area contributed by atoms with Crippen molar-refractivity contribution in [1.29, 1.82) is 0 Å². The summed E-state index contributed by atoms with van der Waals surface area (Å²) in [4.78, 5) is 26.2. The van der Waals surface area contributed by atoms with Crippen LogP contribution >= 0.6 is 0 Å². The molecule has 4 N–H and O–H groups in total. The van der Waals surface area contributed by atoms with Crippen molar-refractivity contribution in [3.63, 3.8) is 0 Å². The van der Waals surface area contributed by atoms with Crippen molar-refractivity contribution >= 4 is 16.9 Å². The third-order valence-corrected chi connectivity index (χ3v) is 7.09. The first kappa shape index (κ1) is 24.7. The highest BCUT2D eigenvalue weighted by Gasteiger charge is 2.36. The maximum absolute atomic E-state index is 15.0. The molecule has 1 aliphatic rings. The minimum atomic E-state index is -0.829. The number of amides is 1. The number of H-pyrrole nitrogens is 1. The smallest absolute Gasteiger partial charge is 0.254 e. The molecule has 2 aromatic carbocycles. The maximum Gasteiger partial charge on any atom is 0.254 e. The molecule has 1 amide bonds. The van der Waals surface area contributed by atoms with Crippen molar-refractivity contribution in [2.24, 2.45) is 5.73 Å². The van der Waals surface area contributed by atoms with E-state index in [-0.39, 0.29) is 5.56 Å². The number of carbonyl (C=O) groups is 1. The number of aromatic amines is 1. The van der Waals surface area contributed by atoms with Gasteiger partial charge in [-0.25, -0.2) is 23.1 Å². The van der Waals surface area contributed by atoms with Gasteiger partial charge < -0.3 is 15.6 Å². The zero-order chi connectivity index (χ0) is 27.1. The summed E-state index contributed by atoms with van der Waals surface area (Å²) >= 11 is 0. The lowest BCUT2D eigenvalue weighted by Gasteiger charge is -2.38. The van der Waals surface area contributed by atoms with Crippen molar-refractivity contribution in [1.82, 2.24) is 35.0 Å². The van der Waals surface area contributed by atoms with Crippen LogP contribution in [-0.2, 0) is 0 Å². The first-order valence-corrected chi connectivity index (χ1v) is 12.4. The van der Waals surface area contributed by atoms with Gasteiger partial charge in [-0.05, 0) is 55.7 Å². The molecule has 6 rings (SSSR count). The van der Waals surface area contributed by atoms with Crippen LogP contribution < -0.4 is 11.1 Å². The first-order chi connectivity index (χ1) is 18.9.